The van der Waals surface area contributed by atoms with Gasteiger partial charge in [0.2, 0.25) is 0 Å². The second kappa shape index (κ2) is 6.49. The zero-order valence-corrected chi connectivity index (χ0v) is 10.4. The lowest BCUT2D eigenvalue weighted by molar-refractivity contribution is -0.205. The first-order valence-electron chi connectivity index (χ1n) is 5.91. The lowest BCUT2D eigenvalue weighted by Gasteiger charge is -2.29. The molecule has 5 nitrogen and oxygen atoms in total. The van der Waals surface area contributed by atoms with Gasteiger partial charge in [-0.15, -0.1) is 0 Å². The fraction of sp³-hybridized carbons (Fsp3) is 0.462. The van der Waals surface area contributed by atoms with Gasteiger partial charge in [0.1, 0.15) is 6.61 Å². The van der Waals surface area contributed by atoms with Gasteiger partial charge >= 0.3 is 5.97 Å². The average Bonchev–Trinajstić information content (AvgIpc) is 2.46. The van der Waals surface area contributed by atoms with Crippen molar-refractivity contribution in [1.29, 1.82) is 0 Å². The predicted molar refractivity (Wildman–Crippen MR) is 64.6 cm³/mol. The van der Waals surface area contributed by atoms with Gasteiger partial charge in [0, 0.05) is 6.54 Å². The van der Waals surface area contributed by atoms with Crippen molar-refractivity contribution < 1.29 is 19.1 Å². The normalized spacial score (nSPS) is 20.6. The van der Waals surface area contributed by atoms with Gasteiger partial charge in [-0.05, 0) is 5.56 Å². The zero-order chi connectivity index (χ0) is 12.8. The van der Waals surface area contributed by atoms with Crippen molar-refractivity contribution in [3.05, 3.63) is 35.9 Å². The van der Waals surface area contributed by atoms with Crippen molar-refractivity contribution in [1.82, 2.24) is 5.06 Å². The molecule has 0 N–H and O–H groups in total. The number of rotatable bonds is 4. The number of hydroxylamine groups is 2. The number of hydrogen-bond donors (Lipinski definition) is 0. The minimum absolute atomic E-state index is 0.270. The second-order valence-electron chi connectivity index (χ2n) is 4.02. The highest BCUT2D eigenvalue weighted by molar-refractivity contribution is 5.75. The summed E-state index contributed by atoms with van der Waals surface area (Å²) < 4.78 is 10.6. The Kier molecular flexibility index (Phi) is 4.69. The number of carbonyl (C=O) groups excluding carboxylic acids is 1. The fourth-order valence-corrected chi connectivity index (χ4v) is 1.76. The first-order valence-corrected chi connectivity index (χ1v) is 5.91. The van der Waals surface area contributed by atoms with Crippen LogP contribution in [0.5, 0.6) is 0 Å². The summed E-state index contributed by atoms with van der Waals surface area (Å²) in [6, 6.07) is 9.57. The zero-order valence-electron chi connectivity index (χ0n) is 10.4. The van der Waals surface area contributed by atoms with Crippen LogP contribution in [0.15, 0.2) is 30.3 Å². The standard InChI is InChI=1S/C13H17NO4/c1-16-14-7-8-17-12(9-14)13(15)18-10-11-5-3-2-4-6-11/h2-6,12H,7-10H2,1H3. The van der Waals surface area contributed by atoms with E-state index in [4.69, 9.17) is 14.3 Å². The molecule has 0 amide bonds. The van der Waals surface area contributed by atoms with Gasteiger partial charge in [0.25, 0.3) is 0 Å². The summed E-state index contributed by atoms with van der Waals surface area (Å²) in [5, 5.41) is 1.69. The maximum Gasteiger partial charge on any atom is 0.337 e. The Morgan fingerprint density at radius 1 is 1.44 bits per heavy atom. The molecular weight excluding hydrogens is 234 g/mol. The van der Waals surface area contributed by atoms with Gasteiger partial charge in [0.05, 0.1) is 20.3 Å². The van der Waals surface area contributed by atoms with Gasteiger partial charge in [-0.25, -0.2) is 4.79 Å². The number of morpholine rings is 1. The molecule has 1 fully saturated rings. The van der Waals surface area contributed by atoms with Crippen LogP contribution in [0.4, 0.5) is 0 Å². The lowest BCUT2D eigenvalue weighted by Crippen LogP contribution is -2.46. The third-order valence-electron chi connectivity index (χ3n) is 2.77. The van der Waals surface area contributed by atoms with Crippen LogP contribution in [0, 0.1) is 0 Å². The van der Waals surface area contributed by atoms with Crippen molar-refractivity contribution in [3.63, 3.8) is 0 Å². The summed E-state index contributed by atoms with van der Waals surface area (Å²) in [6.45, 7) is 1.81. The van der Waals surface area contributed by atoms with E-state index in [2.05, 4.69) is 0 Å². The summed E-state index contributed by atoms with van der Waals surface area (Å²) in [6.07, 6.45) is -0.567. The quantitative estimate of drug-likeness (QED) is 0.747. The highest BCUT2D eigenvalue weighted by atomic mass is 16.7. The van der Waals surface area contributed by atoms with E-state index < -0.39 is 6.10 Å². The Labute approximate surface area is 106 Å². The van der Waals surface area contributed by atoms with Crippen LogP contribution >= 0.6 is 0 Å². The highest BCUT2D eigenvalue weighted by Crippen LogP contribution is 2.08. The minimum atomic E-state index is -0.567. The van der Waals surface area contributed by atoms with Gasteiger partial charge < -0.3 is 14.3 Å². The maximum absolute atomic E-state index is 11.8. The van der Waals surface area contributed by atoms with E-state index in [1.54, 1.807) is 12.2 Å². The molecule has 2 rings (SSSR count). The molecule has 0 spiro atoms. The molecule has 0 radical (unpaired) electrons. The number of esters is 1. The van der Waals surface area contributed by atoms with E-state index in [9.17, 15) is 4.79 Å². The van der Waals surface area contributed by atoms with Gasteiger partial charge in [-0.2, -0.15) is 5.06 Å². The monoisotopic (exact) mass is 251 g/mol. The molecule has 1 aromatic carbocycles. The molecule has 1 aromatic rings. The van der Waals surface area contributed by atoms with Crippen molar-refractivity contribution in [3.8, 4) is 0 Å². The molecule has 0 aliphatic carbocycles. The number of hydrogen-bond acceptors (Lipinski definition) is 5. The second-order valence-corrected chi connectivity index (χ2v) is 4.02. The fourth-order valence-electron chi connectivity index (χ4n) is 1.76. The Hall–Kier alpha value is -1.43. The van der Waals surface area contributed by atoms with Crippen LogP contribution < -0.4 is 0 Å². The molecule has 1 saturated heterocycles. The number of benzene rings is 1. The number of ether oxygens (including phenoxy) is 2. The average molecular weight is 251 g/mol. The molecule has 0 saturated carbocycles. The summed E-state index contributed by atoms with van der Waals surface area (Å²) >= 11 is 0. The Balaban J connectivity index is 1.81. The van der Waals surface area contributed by atoms with E-state index in [0.717, 1.165) is 5.56 Å². The third-order valence-corrected chi connectivity index (χ3v) is 2.77. The predicted octanol–water partition coefficient (Wildman–Crippen LogP) is 0.992. The largest absolute Gasteiger partial charge is 0.459 e. The molecule has 1 unspecified atom stereocenters. The van der Waals surface area contributed by atoms with Crippen LogP contribution in [0.25, 0.3) is 0 Å². The number of nitrogens with zero attached hydrogens (tertiary/aromatic N) is 1. The molecule has 1 aliphatic heterocycles. The molecule has 1 aliphatic rings. The van der Waals surface area contributed by atoms with Crippen LogP contribution in [0.1, 0.15) is 5.56 Å². The van der Waals surface area contributed by atoms with Crippen LogP contribution in [-0.4, -0.2) is 43.9 Å². The maximum atomic E-state index is 11.8. The smallest absolute Gasteiger partial charge is 0.337 e. The number of carbonyl (C=O) groups is 1. The van der Waals surface area contributed by atoms with E-state index in [0.29, 0.717) is 19.7 Å². The SMILES string of the molecule is CON1CCOC(C(=O)OCc2ccccc2)C1. The summed E-state index contributed by atoms with van der Waals surface area (Å²) in [5.74, 6) is -0.347. The Bertz CT molecular complexity index is 382. The summed E-state index contributed by atoms with van der Waals surface area (Å²) in [4.78, 5) is 16.9. The third kappa shape index (κ3) is 3.53. The van der Waals surface area contributed by atoms with Crippen LogP contribution in [-0.2, 0) is 25.7 Å². The van der Waals surface area contributed by atoms with E-state index >= 15 is 0 Å². The topological polar surface area (TPSA) is 48.0 Å². The van der Waals surface area contributed by atoms with Crippen molar-refractivity contribution in [2.45, 2.75) is 12.7 Å². The Morgan fingerprint density at radius 3 is 2.94 bits per heavy atom. The Morgan fingerprint density at radius 2 is 2.22 bits per heavy atom. The summed E-state index contributed by atoms with van der Waals surface area (Å²) in [5.41, 5.74) is 0.963. The van der Waals surface area contributed by atoms with Crippen LogP contribution in [0.3, 0.4) is 0 Å². The molecule has 18 heavy (non-hydrogen) atoms. The lowest BCUT2D eigenvalue weighted by atomic mass is 10.2. The molecule has 0 aromatic heterocycles. The van der Waals surface area contributed by atoms with Crippen LogP contribution in [0.2, 0.25) is 0 Å². The summed E-state index contributed by atoms with van der Waals surface area (Å²) in [7, 11) is 1.58. The van der Waals surface area contributed by atoms with Gasteiger partial charge in [-0.1, -0.05) is 30.3 Å². The molecule has 1 atom stereocenters. The van der Waals surface area contributed by atoms with E-state index in [-0.39, 0.29) is 12.6 Å². The molecule has 98 valence electrons. The first-order chi connectivity index (χ1) is 8.79. The molecule has 0 bridgehead atoms. The molecule has 1 heterocycles. The van der Waals surface area contributed by atoms with Gasteiger partial charge in [-0.3, -0.25) is 0 Å². The van der Waals surface area contributed by atoms with Crippen molar-refractivity contribution in [2.75, 3.05) is 26.8 Å². The van der Waals surface area contributed by atoms with Gasteiger partial charge in [0.15, 0.2) is 6.10 Å². The highest BCUT2D eigenvalue weighted by Gasteiger charge is 2.28. The minimum Gasteiger partial charge on any atom is -0.459 e. The first kappa shape index (κ1) is 13.0. The van der Waals surface area contributed by atoms with E-state index in [1.165, 1.54) is 0 Å². The van der Waals surface area contributed by atoms with Crippen molar-refractivity contribution >= 4 is 5.97 Å². The molecule has 5 heteroatoms. The molecular formula is C13H17NO4. The van der Waals surface area contributed by atoms with Crippen molar-refractivity contribution in [2.24, 2.45) is 0 Å². The van der Waals surface area contributed by atoms with E-state index in [1.807, 2.05) is 30.3 Å².